The minimum atomic E-state index is -4.48. The Morgan fingerprint density at radius 2 is 1.91 bits per heavy atom. The van der Waals surface area contributed by atoms with E-state index in [0.29, 0.717) is 34.3 Å². The third-order valence-electron chi connectivity index (χ3n) is 4.57. The van der Waals surface area contributed by atoms with Gasteiger partial charge >= 0.3 is 6.18 Å². The van der Waals surface area contributed by atoms with Crippen molar-refractivity contribution in [1.82, 2.24) is 14.5 Å². The van der Waals surface area contributed by atoms with Crippen molar-refractivity contribution in [2.75, 3.05) is 5.32 Å². The number of nitrogens with one attached hydrogen (secondary N) is 1. The standard InChI is InChI=1S/C21H15ClF3N5O2/c1-30-19-5-3-14(32-15-6-7-26-13(9-15)11-27-31)10-18(19)29-20(30)28-17-4-2-12(8-16(17)22)21(23,24)25/h2-11,31H,1H3,(H,28,29). The average Bonchev–Trinajstić information content (AvgIpc) is 3.04. The van der Waals surface area contributed by atoms with Gasteiger partial charge in [0.15, 0.2) is 0 Å². The van der Waals surface area contributed by atoms with Crippen LogP contribution in [0.2, 0.25) is 5.02 Å². The van der Waals surface area contributed by atoms with Gasteiger partial charge in [-0.15, -0.1) is 0 Å². The number of ether oxygens (including phenoxy) is 1. The Hall–Kier alpha value is -3.79. The number of fused-ring (bicyclic) bond motifs is 1. The molecule has 0 fully saturated rings. The molecule has 0 unspecified atom stereocenters. The number of benzene rings is 2. The Balaban J connectivity index is 1.60. The van der Waals surface area contributed by atoms with E-state index in [1.165, 1.54) is 18.5 Å². The van der Waals surface area contributed by atoms with E-state index in [1.807, 2.05) is 0 Å². The van der Waals surface area contributed by atoms with Crippen molar-refractivity contribution < 1.29 is 23.1 Å². The van der Waals surface area contributed by atoms with Crippen molar-refractivity contribution in [3.63, 3.8) is 0 Å². The second-order valence-electron chi connectivity index (χ2n) is 6.73. The molecule has 164 valence electrons. The van der Waals surface area contributed by atoms with E-state index >= 15 is 0 Å². The molecule has 4 aromatic rings. The number of halogens is 4. The predicted molar refractivity (Wildman–Crippen MR) is 114 cm³/mol. The van der Waals surface area contributed by atoms with Crippen molar-refractivity contribution in [2.45, 2.75) is 6.18 Å². The van der Waals surface area contributed by atoms with E-state index in [0.717, 1.165) is 17.6 Å². The molecule has 0 atom stereocenters. The summed E-state index contributed by atoms with van der Waals surface area (Å²) in [6.45, 7) is 0. The van der Waals surface area contributed by atoms with Crippen LogP contribution in [0.1, 0.15) is 11.3 Å². The molecular formula is C21H15ClF3N5O2. The molecular weight excluding hydrogens is 447 g/mol. The lowest BCUT2D eigenvalue weighted by Gasteiger charge is -2.11. The van der Waals surface area contributed by atoms with Crippen LogP contribution in [0.5, 0.6) is 11.5 Å². The topological polar surface area (TPSA) is 84.6 Å². The Labute approximate surface area is 184 Å². The minimum Gasteiger partial charge on any atom is -0.457 e. The summed E-state index contributed by atoms with van der Waals surface area (Å²) in [7, 11) is 1.76. The van der Waals surface area contributed by atoms with E-state index in [2.05, 4.69) is 20.4 Å². The van der Waals surface area contributed by atoms with Crippen LogP contribution >= 0.6 is 11.6 Å². The zero-order valence-corrected chi connectivity index (χ0v) is 17.2. The fourth-order valence-electron chi connectivity index (χ4n) is 3.03. The summed E-state index contributed by atoms with van der Waals surface area (Å²) in [5.41, 5.74) is 1.25. The highest BCUT2D eigenvalue weighted by Crippen LogP contribution is 2.35. The Morgan fingerprint density at radius 3 is 2.62 bits per heavy atom. The van der Waals surface area contributed by atoms with E-state index in [9.17, 15) is 13.2 Å². The van der Waals surface area contributed by atoms with Crippen LogP contribution in [0.25, 0.3) is 11.0 Å². The third-order valence-corrected chi connectivity index (χ3v) is 4.89. The third kappa shape index (κ3) is 4.45. The molecule has 2 aromatic carbocycles. The maximum Gasteiger partial charge on any atom is 0.416 e. The molecule has 0 amide bonds. The lowest BCUT2D eigenvalue weighted by molar-refractivity contribution is -0.137. The van der Waals surface area contributed by atoms with Gasteiger partial charge in [-0.2, -0.15) is 13.2 Å². The Morgan fingerprint density at radius 1 is 1.12 bits per heavy atom. The van der Waals surface area contributed by atoms with Crippen LogP contribution in [0, 0.1) is 0 Å². The molecule has 32 heavy (non-hydrogen) atoms. The molecule has 0 aliphatic rings. The molecule has 2 heterocycles. The van der Waals surface area contributed by atoms with Gasteiger partial charge in [-0.05, 0) is 36.4 Å². The molecule has 0 saturated carbocycles. The molecule has 0 saturated heterocycles. The number of rotatable bonds is 5. The number of nitrogens with zero attached hydrogens (tertiary/aromatic N) is 4. The number of oxime groups is 1. The maximum atomic E-state index is 12.9. The van der Waals surface area contributed by atoms with Crippen LogP contribution in [-0.2, 0) is 13.2 Å². The van der Waals surface area contributed by atoms with Crippen molar-refractivity contribution in [1.29, 1.82) is 0 Å². The number of pyridine rings is 1. The van der Waals surface area contributed by atoms with Crippen molar-refractivity contribution in [3.05, 3.63) is 71.0 Å². The van der Waals surface area contributed by atoms with Crippen molar-refractivity contribution in [3.8, 4) is 11.5 Å². The van der Waals surface area contributed by atoms with Gasteiger partial charge in [0, 0.05) is 25.4 Å². The molecule has 4 rings (SSSR count). The monoisotopic (exact) mass is 461 g/mol. The first kappa shape index (κ1) is 21.4. The van der Waals surface area contributed by atoms with Gasteiger partial charge in [0.05, 0.1) is 39.2 Å². The summed E-state index contributed by atoms with van der Waals surface area (Å²) in [5, 5.41) is 14.5. The van der Waals surface area contributed by atoms with E-state index in [1.54, 1.807) is 41.9 Å². The van der Waals surface area contributed by atoms with Gasteiger partial charge in [0.25, 0.3) is 0 Å². The fourth-order valence-corrected chi connectivity index (χ4v) is 3.25. The number of aryl methyl sites for hydroxylation is 1. The lowest BCUT2D eigenvalue weighted by Crippen LogP contribution is -2.05. The van der Waals surface area contributed by atoms with E-state index in [4.69, 9.17) is 21.5 Å². The second-order valence-corrected chi connectivity index (χ2v) is 7.13. The van der Waals surface area contributed by atoms with Gasteiger partial charge < -0.3 is 19.8 Å². The zero-order valence-electron chi connectivity index (χ0n) is 16.4. The number of anilines is 2. The predicted octanol–water partition coefficient (Wildman–Crippen LogP) is 5.98. The first-order valence-electron chi connectivity index (χ1n) is 9.16. The summed E-state index contributed by atoms with van der Waals surface area (Å²) < 4.78 is 46.1. The smallest absolute Gasteiger partial charge is 0.416 e. The summed E-state index contributed by atoms with van der Waals surface area (Å²) in [5.74, 6) is 1.39. The SMILES string of the molecule is Cn1c(Nc2ccc(C(F)(F)F)cc2Cl)nc2cc(Oc3ccnc(C=NO)c3)ccc21. The number of alkyl halides is 3. The normalized spacial score (nSPS) is 11.9. The fraction of sp³-hybridized carbons (Fsp3) is 0.0952. The largest absolute Gasteiger partial charge is 0.457 e. The van der Waals surface area contributed by atoms with Crippen LogP contribution < -0.4 is 10.1 Å². The van der Waals surface area contributed by atoms with Gasteiger partial charge in [-0.25, -0.2) is 4.98 Å². The van der Waals surface area contributed by atoms with Gasteiger partial charge in [0.2, 0.25) is 5.95 Å². The maximum absolute atomic E-state index is 12.9. The molecule has 7 nitrogen and oxygen atoms in total. The van der Waals surface area contributed by atoms with Crippen LogP contribution in [0.4, 0.5) is 24.8 Å². The molecule has 0 spiro atoms. The number of imidazole rings is 1. The van der Waals surface area contributed by atoms with Gasteiger partial charge in [-0.3, -0.25) is 4.98 Å². The van der Waals surface area contributed by atoms with Gasteiger partial charge in [0.1, 0.15) is 11.5 Å². The van der Waals surface area contributed by atoms with E-state index in [-0.39, 0.29) is 5.02 Å². The molecule has 0 radical (unpaired) electrons. The molecule has 2 aromatic heterocycles. The lowest BCUT2D eigenvalue weighted by atomic mass is 10.2. The molecule has 0 aliphatic heterocycles. The highest BCUT2D eigenvalue weighted by Gasteiger charge is 2.31. The number of hydrogen-bond donors (Lipinski definition) is 2. The van der Waals surface area contributed by atoms with Crippen LogP contribution in [-0.4, -0.2) is 26.0 Å². The highest BCUT2D eigenvalue weighted by molar-refractivity contribution is 6.33. The van der Waals surface area contributed by atoms with E-state index < -0.39 is 11.7 Å². The van der Waals surface area contributed by atoms with Crippen molar-refractivity contribution >= 4 is 40.5 Å². The summed E-state index contributed by atoms with van der Waals surface area (Å²) in [6, 6.07) is 11.6. The highest BCUT2D eigenvalue weighted by atomic mass is 35.5. The Kier molecular flexibility index (Phi) is 5.62. The quantitative estimate of drug-likeness (QED) is 0.217. The van der Waals surface area contributed by atoms with Crippen LogP contribution in [0.3, 0.4) is 0 Å². The summed E-state index contributed by atoms with van der Waals surface area (Å²) in [6.07, 6.45) is -1.78. The molecule has 0 bridgehead atoms. The first-order chi connectivity index (χ1) is 15.2. The minimum absolute atomic E-state index is 0.0733. The van der Waals surface area contributed by atoms with Crippen LogP contribution in [0.15, 0.2) is 59.9 Å². The molecule has 11 heteroatoms. The molecule has 0 aliphatic carbocycles. The summed E-state index contributed by atoms with van der Waals surface area (Å²) in [4.78, 5) is 8.51. The second kappa shape index (κ2) is 8.39. The van der Waals surface area contributed by atoms with Gasteiger partial charge in [-0.1, -0.05) is 16.8 Å². The number of aromatic nitrogens is 3. The Bertz CT molecular complexity index is 1320. The number of hydrogen-bond acceptors (Lipinski definition) is 6. The molecule has 2 N–H and O–H groups in total. The zero-order chi connectivity index (χ0) is 22.9. The first-order valence-corrected chi connectivity index (χ1v) is 9.54. The average molecular weight is 462 g/mol. The van der Waals surface area contributed by atoms with Crippen molar-refractivity contribution in [2.24, 2.45) is 12.2 Å². The summed E-state index contributed by atoms with van der Waals surface area (Å²) >= 11 is 6.04.